The van der Waals surface area contributed by atoms with Crippen LogP contribution in [0.2, 0.25) is 0 Å². The minimum absolute atomic E-state index is 0.0437. The quantitative estimate of drug-likeness (QED) is 0.573. The number of pyridine rings is 1. The highest BCUT2D eigenvalue weighted by Crippen LogP contribution is 2.26. The molecule has 1 amide bonds. The molecule has 5 nitrogen and oxygen atoms in total. The zero-order chi connectivity index (χ0) is 13.7. The average Bonchev–Trinajstić information content (AvgIpc) is 2.47. The molecule has 1 aliphatic rings. The van der Waals surface area contributed by atoms with E-state index in [0.29, 0.717) is 17.4 Å². The minimum atomic E-state index is -0.0437. The molecule has 1 heterocycles. The van der Waals surface area contributed by atoms with Crippen molar-refractivity contribution in [2.75, 3.05) is 5.43 Å². The molecule has 1 fully saturated rings. The molecule has 1 aromatic rings. The molecule has 0 saturated heterocycles. The minimum Gasteiger partial charge on any atom is -0.349 e. The Balaban J connectivity index is 1.92. The van der Waals surface area contributed by atoms with Crippen LogP contribution in [0.3, 0.4) is 0 Å². The fourth-order valence-corrected chi connectivity index (χ4v) is 2.68. The number of amides is 1. The molecule has 1 saturated carbocycles. The summed E-state index contributed by atoms with van der Waals surface area (Å²) >= 11 is 0. The second-order valence-corrected chi connectivity index (χ2v) is 5.19. The fourth-order valence-electron chi connectivity index (χ4n) is 2.68. The third kappa shape index (κ3) is 3.67. The van der Waals surface area contributed by atoms with Crippen molar-refractivity contribution in [3.05, 3.63) is 23.9 Å². The lowest BCUT2D eigenvalue weighted by atomic mass is 9.84. The van der Waals surface area contributed by atoms with Crippen LogP contribution in [0.15, 0.2) is 18.3 Å². The molecule has 0 bridgehead atoms. The van der Waals surface area contributed by atoms with Crippen molar-refractivity contribution < 1.29 is 4.79 Å². The lowest BCUT2D eigenvalue weighted by molar-refractivity contribution is 0.0919. The summed E-state index contributed by atoms with van der Waals surface area (Å²) in [6, 6.07) is 3.74. The molecule has 19 heavy (non-hydrogen) atoms. The van der Waals surface area contributed by atoms with E-state index in [0.717, 1.165) is 18.8 Å². The second-order valence-electron chi connectivity index (χ2n) is 5.19. The molecule has 1 aromatic heterocycles. The highest BCUT2D eigenvalue weighted by Gasteiger charge is 2.22. The normalized spacial score (nSPS) is 22.8. The first kappa shape index (κ1) is 13.8. The molecule has 104 valence electrons. The Morgan fingerprint density at radius 1 is 1.47 bits per heavy atom. The average molecular weight is 262 g/mol. The van der Waals surface area contributed by atoms with Crippen LogP contribution < -0.4 is 16.6 Å². The zero-order valence-corrected chi connectivity index (χ0v) is 11.4. The topological polar surface area (TPSA) is 80.0 Å². The summed E-state index contributed by atoms with van der Waals surface area (Å²) in [7, 11) is 0. The summed E-state index contributed by atoms with van der Waals surface area (Å²) in [5.41, 5.74) is 3.03. The molecule has 2 rings (SSSR count). The molecule has 5 heteroatoms. The first-order chi connectivity index (χ1) is 9.22. The maximum Gasteiger partial charge on any atom is 0.253 e. The number of hydrogen-bond donors (Lipinski definition) is 3. The van der Waals surface area contributed by atoms with E-state index >= 15 is 0 Å². The first-order valence-electron chi connectivity index (χ1n) is 6.96. The number of nitrogens with zero attached hydrogens (tertiary/aromatic N) is 1. The van der Waals surface area contributed by atoms with Gasteiger partial charge in [0.25, 0.3) is 5.91 Å². The molecule has 0 spiro atoms. The second kappa shape index (κ2) is 6.52. The van der Waals surface area contributed by atoms with Crippen molar-refractivity contribution in [1.82, 2.24) is 10.3 Å². The molecule has 1 aliphatic carbocycles. The molecule has 0 aromatic carbocycles. The van der Waals surface area contributed by atoms with Gasteiger partial charge in [0.2, 0.25) is 0 Å². The standard InChI is InChI=1S/C14H22N4O/c1-2-10-4-3-5-12(8-10)17-14(19)11-6-7-13(18-15)16-9-11/h6-7,9-10,12H,2-5,8,15H2,1H3,(H,16,18)(H,17,19). The summed E-state index contributed by atoms with van der Waals surface area (Å²) in [6.07, 6.45) is 7.42. The van der Waals surface area contributed by atoms with Crippen molar-refractivity contribution >= 4 is 11.7 Å². The largest absolute Gasteiger partial charge is 0.349 e. The number of hydrazine groups is 1. The highest BCUT2D eigenvalue weighted by molar-refractivity contribution is 5.94. The van der Waals surface area contributed by atoms with Gasteiger partial charge in [-0.25, -0.2) is 10.8 Å². The van der Waals surface area contributed by atoms with E-state index in [-0.39, 0.29) is 5.91 Å². The molecule has 0 radical (unpaired) electrons. The van der Waals surface area contributed by atoms with Gasteiger partial charge < -0.3 is 10.7 Å². The Kier molecular flexibility index (Phi) is 4.74. The van der Waals surface area contributed by atoms with Gasteiger partial charge in [-0.2, -0.15) is 0 Å². The highest BCUT2D eigenvalue weighted by atomic mass is 16.1. The monoisotopic (exact) mass is 262 g/mol. The van der Waals surface area contributed by atoms with Crippen molar-refractivity contribution in [1.29, 1.82) is 0 Å². The molecule has 4 N–H and O–H groups in total. The van der Waals surface area contributed by atoms with E-state index in [1.807, 2.05) is 0 Å². The number of nitrogens with one attached hydrogen (secondary N) is 2. The molecular formula is C14H22N4O. The van der Waals surface area contributed by atoms with E-state index in [1.54, 1.807) is 18.3 Å². The number of nitrogens with two attached hydrogens (primary N) is 1. The number of anilines is 1. The van der Waals surface area contributed by atoms with Gasteiger partial charge in [0.05, 0.1) is 5.56 Å². The summed E-state index contributed by atoms with van der Waals surface area (Å²) in [6.45, 7) is 2.22. The van der Waals surface area contributed by atoms with Gasteiger partial charge in [-0.1, -0.05) is 26.2 Å². The molecular weight excluding hydrogens is 240 g/mol. The Hall–Kier alpha value is -1.62. The summed E-state index contributed by atoms with van der Waals surface area (Å²) in [4.78, 5) is 16.2. The Morgan fingerprint density at radius 3 is 2.95 bits per heavy atom. The Labute approximate surface area is 114 Å². The van der Waals surface area contributed by atoms with Gasteiger partial charge in [-0.05, 0) is 30.9 Å². The summed E-state index contributed by atoms with van der Waals surface area (Å²) in [5, 5.41) is 3.11. The molecule has 2 unspecified atom stereocenters. The summed E-state index contributed by atoms with van der Waals surface area (Å²) in [5.74, 6) is 6.51. The number of aromatic nitrogens is 1. The van der Waals surface area contributed by atoms with Crippen LogP contribution in [0.25, 0.3) is 0 Å². The number of hydrogen-bond acceptors (Lipinski definition) is 4. The van der Waals surface area contributed by atoms with E-state index < -0.39 is 0 Å². The van der Waals surface area contributed by atoms with Crippen LogP contribution in [-0.2, 0) is 0 Å². The van der Waals surface area contributed by atoms with Gasteiger partial charge in [-0.15, -0.1) is 0 Å². The zero-order valence-electron chi connectivity index (χ0n) is 11.4. The number of nitrogen functional groups attached to an aromatic ring is 1. The van der Waals surface area contributed by atoms with Gasteiger partial charge >= 0.3 is 0 Å². The number of rotatable bonds is 4. The third-order valence-electron chi connectivity index (χ3n) is 3.87. The maximum absolute atomic E-state index is 12.1. The predicted molar refractivity (Wildman–Crippen MR) is 75.6 cm³/mol. The van der Waals surface area contributed by atoms with Crippen molar-refractivity contribution in [2.45, 2.75) is 45.1 Å². The Bertz CT molecular complexity index is 418. The van der Waals surface area contributed by atoms with Gasteiger partial charge in [0.15, 0.2) is 0 Å². The van der Waals surface area contributed by atoms with Crippen molar-refractivity contribution in [3.63, 3.8) is 0 Å². The smallest absolute Gasteiger partial charge is 0.253 e. The molecule has 2 atom stereocenters. The van der Waals surface area contributed by atoms with Crippen molar-refractivity contribution in [2.24, 2.45) is 11.8 Å². The van der Waals surface area contributed by atoms with Crippen LogP contribution in [-0.4, -0.2) is 16.9 Å². The van der Waals surface area contributed by atoms with Crippen LogP contribution in [0.4, 0.5) is 5.82 Å². The van der Waals surface area contributed by atoms with E-state index in [4.69, 9.17) is 5.84 Å². The Morgan fingerprint density at radius 2 is 2.32 bits per heavy atom. The van der Waals surface area contributed by atoms with Crippen molar-refractivity contribution in [3.8, 4) is 0 Å². The van der Waals surface area contributed by atoms with Gasteiger partial charge in [0, 0.05) is 12.2 Å². The van der Waals surface area contributed by atoms with Crippen LogP contribution in [0.5, 0.6) is 0 Å². The van der Waals surface area contributed by atoms with E-state index in [9.17, 15) is 4.79 Å². The van der Waals surface area contributed by atoms with Crippen LogP contribution >= 0.6 is 0 Å². The predicted octanol–water partition coefficient (Wildman–Crippen LogP) is 2.07. The fraction of sp³-hybridized carbons (Fsp3) is 0.571. The lowest BCUT2D eigenvalue weighted by Crippen LogP contribution is -2.38. The maximum atomic E-state index is 12.1. The van der Waals surface area contributed by atoms with E-state index in [2.05, 4.69) is 22.7 Å². The van der Waals surface area contributed by atoms with Gasteiger partial charge in [0.1, 0.15) is 5.82 Å². The first-order valence-corrected chi connectivity index (χ1v) is 6.96. The third-order valence-corrected chi connectivity index (χ3v) is 3.87. The number of carbonyl (C=O) groups excluding carboxylic acids is 1. The molecule has 0 aliphatic heterocycles. The summed E-state index contributed by atoms with van der Waals surface area (Å²) < 4.78 is 0. The van der Waals surface area contributed by atoms with Crippen LogP contribution in [0, 0.1) is 5.92 Å². The van der Waals surface area contributed by atoms with Crippen LogP contribution in [0.1, 0.15) is 49.4 Å². The SMILES string of the molecule is CCC1CCCC(NC(=O)c2ccc(NN)nc2)C1. The van der Waals surface area contributed by atoms with Gasteiger partial charge in [-0.3, -0.25) is 4.79 Å². The van der Waals surface area contributed by atoms with E-state index in [1.165, 1.54) is 19.3 Å². The lowest BCUT2D eigenvalue weighted by Gasteiger charge is -2.29. The number of carbonyl (C=O) groups is 1.